The molecule has 1 aromatic rings. The molecule has 9 heteroatoms. The van der Waals surface area contributed by atoms with Crippen LogP contribution in [0.2, 0.25) is 0 Å². The summed E-state index contributed by atoms with van der Waals surface area (Å²) in [6, 6.07) is 4.05. The van der Waals surface area contributed by atoms with E-state index in [9.17, 15) is 14.7 Å². The maximum Gasteiger partial charge on any atom is 0.352 e. The molecule has 3 N–H and O–H groups in total. The van der Waals surface area contributed by atoms with Crippen molar-refractivity contribution >= 4 is 11.9 Å². The first kappa shape index (κ1) is 23.1. The molecule has 2 aliphatic carbocycles. The molecule has 1 aromatic carbocycles. The van der Waals surface area contributed by atoms with E-state index in [4.69, 9.17) is 24.7 Å². The van der Waals surface area contributed by atoms with Crippen LogP contribution in [0.5, 0.6) is 11.5 Å². The maximum absolute atomic E-state index is 12.8. The summed E-state index contributed by atoms with van der Waals surface area (Å²) in [5.41, 5.74) is 7.14. The maximum atomic E-state index is 12.8. The fourth-order valence-corrected chi connectivity index (χ4v) is 6.64. The van der Waals surface area contributed by atoms with E-state index < -0.39 is 24.1 Å². The molecule has 2 spiro atoms. The zero-order chi connectivity index (χ0) is 24.3. The standard InChI is InChI=1S/C25H32N2O7/c1-14(32-19(29)8-10-26)23(30)33-17-5-4-9-24-12-25(13-27(2)18(25)11-28)15-6-7-16(31-3)21(20(15)24)34-22(17)24/h5-7,14,18,22,28H,4,8-13,26H2,1-3H3/t14-,18-,22?,24?,25?/m0/s1. The third-order valence-corrected chi connectivity index (χ3v) is 8.02. The van der Waals surface area contributed by atoms with E-state index in [1.165, 1.54) is 12.5 Å². The van der Waals surface area contributed by atoms with E-state index in [1.807, 2.05) is 19.2 Å². The first-order valence-electron chi connectivity index (χ1n) is 11.8. The molecule has 2 heterocycles. The van der Waals surface area contributed by atoms with Gasteiger partial charge in [0.15, 0.2) is 23.7 Å². The predicted molar refractivity (Wildman–Crippen MR) is 122 cm³/mol. The number of hydrogen-bond acceptors (Lipinski definition) is 9. The zero-order valence-electron chi connectivity index (χ0n) is 19.8. The summed E-state index contributed by atoms with van der Waals surface area (Å²) in [7, 11) is 3.64. The van der Waals surface area contributed by atoms with Crippen molar-refractivity contribution in [3.05, 3.63) is 35.1 Å². The van der Waals surface area contributed by atoms with Crippen molar-refractivity contribution in [2.45, 2.75) is 61.7 Å². The molecule has 0 radical (unpaired) electrons. The van der Waals surface area contributed by atoms with Gasteiger partial charge in [0.1, 0.15) is 5.76 Å². The molecule has 4 aliphatic rings. The summed E-state index contributed by atoms with van der Waals surface area (Å²) in [4.78, 5) is 26.7. The number of fused-ring (bicyclic) bond motifs is 1. The largest absolute Gasteiger partial charge is 0.493 e. The van der Waals surface area contributed by atoms with Gasteiger partial charge in [0.2, 0.25) is 0 Å². The Kier molecular flexibility index (Phi) is 5.61. The summed E-state index contributed by atoms with van der Waals surface area (Å²) in [6.07, 6.45) is 2.74. The van der Waals surface area contributed by atoms with Gasteiger partial charge in [-0.1, -0.05) is 6.07 Å². The van der Waals surface area contributed by atoms with Crippen LogP contribution < -0.4 is 15.2 Å². The lowest BCUT2D eigenvalue weighted by atomic mass is 9.63. The van der Waals surface area contributed by atoms with Gasteiger partial charge in [0.05, 0.1) is 20.1 Å². The molecule has 5 atom stereocenters. The first-order valence-corrected chi connectivity index (χ1v) is 11.8. The molecule has 1 fully saturated rings. The van der Waals surface area contributed by atoms with Gasteiger partial charge in [-0.15, -0.1) is 0 Å². The Morgan fingerprint density at radius 1 is 1.35 bits per heavy atom. The third kappa shape index (κ3) is 3.10. The van der Waals surface area contributed by atoms with Crippen LogP contribution in [0.3, 0.4) is 0 Å². The number of likely N-dealkylation sites (N-methyl/N-ethyl adjacent to an activating group) is 1. The topological polar surface area (TPSA) is 121 Å². The second kappa shape index (κ2) is 8.25. The van der Waals surface area contributed by atoms with E-state index in [2.05, 4.69) is 11.0 Å². The molecule has 0 aromatic heterocycles. The fraction of sp³-hybridized carbons (Fsp3) is 0.600. The number of methoxy groups -OCH3 is 1. The zero-order valence-corrected chi connectivity index (χ0v) is 19.8. The first-order chi connectivity index (χ1) is 16.3. The second-order valence-electron chi connectivity index (χ2n) is 9.86. The van der Waals surface area contributed by atoms with E-state index in [-0.39, 0.29) is 36.4 Å². The van der Waals surface area contributed by atoms with Crippen LogP contribution in [-0.2, 0) is 29.9 Å². The van der Waals surface area contributed by atoms with Crippen molar-refractivity contribution < 1.29 is 33.6 Å². The van der Waals surface area contributed by atoms with Crippen LogP contribution in [0.15, 0.2) is 24.0 Å². The highest BCUT2D eigenvalue weighted by Gasteiger charge is 2.68. The highest BCUT2D eigenvalue weighted by molar-refractivity contribution is 5.80. The molecule has 1 saturated heterocycles. The Bertz CT molecular complexity index is 1060. The van der Waals surface area contributed by atoms with Crippen LogP contribution in [0.25, 0.3) is 0 Å². The van der Waals surface area contributed by atoms with Gasteiger partial charge in [-0.3, -0.25) is 9.69 Å². The van der Waals surface area contributed by atoms with Crippen LogP contribution in [-0.4, -0.2) is 74.0 Å². The van der Waals surface area contributed by atoms with E-state index in [1.54, 1.807) is 7.11 Å². The van der Waals surface area contributed by atoms with Crippen LogP contribution >= 0.6 is 0 Å². The summed E-state index contributed by atoms with van der Waals surface area (Å²) >= 11 is 0. The van der Waals surface area contributed by atoms with Crippen molar-refractivity contribution in [2.75, 3.05) is 33.9 Å². The second-order valence-corrected chi connectivity index (χ2v) is 9.86. The minimum atomic E-state index is -1.05. The van der Waals surface area contributed by atoms with Gasteiger partial charge in [-0.2, -0.15) is 0 Å². The molecule has 0 saturated carbocycles. The Morgan fingerprint density at radius 2 is 2.15 bits per heavy atom. The number of carbonyl (C=O) groups is 2. The number of esters is 2. The lowest BCUT2D eigenvalue weighted by Gasteiger charge is -2.56. The number of rotatable bonds is 7. The number of carbonyl (C=O) groups excluding carboxylic acids is 2. The molecule has 34 heavy (non-hydrogen) atoms. The van der Waals surface area contributed by atoms with E-state index in [0.717, 1.165) is 31.4 Å². The predicted octanol–water partition coefficient (Wildman–Crippen LogP) is 1.14. The molecule has 0 amide bonds. The van der Waals surface area contributed by atoms with Crippen LogP contribution in [0.1, 0.15) is 43.7 Å². The summed E-state index contributed by atoms with van der Waals surface area (Å²) in [5.74, 6) is 0.589. The SMILES string of the molecule is COc1ccc2c3c1OC1C(OC(=O)[C@H](C)OC(=O)CCN)=CCCC31CC21CN(C)[C@H]1CO. The minimum Gasteiger partial charge on any atom is -0.493 e. The van der Waals surface area contributed by atoms with Crippen LogP contribution in [0.4, 0.5) is 0 Å². The number of nitrogens with two attached hydrogens (primary N) is 1. The average Bonchev–Trinajstić information content (AvgIpc) is 3.28. The Balaban J connectivity index is 1.47. The minimum absolute atomic E-state index is 0.0181. The molecule has 0 bridgehead atoms. The van der Waals surface area contributed by atoms with E-state index in [0.29, 0.717) is 17.3 Å². The normalized spacial score (nSPS) is 31.6. The number of ether oxygens (including phenoxy) is 4. The molecule has 9 nitrogen and oxygen atoms in total. The summed E-state index contributed by atoms with van der Waals surface area (Å²) in [6.45, 7) is 2.56. The highest BCUT2D eigenvalue weighted by Crippen LogP contribution is 2.67. The molecule has 5 rings (SSSR count). The van der Waals surface area contributed by atoms with Gasteiger partial charge in [0.25, 0.3) is 0 Å². The van der Waals surface area contributed by atoms with Crippen molar-refractivity contribution in [3.63, 3.8) is 0 Å². The number of allylic oxidation sites excluding steroid dienone is 1. The van der Waals surface area contributed by atoms with E-state index >= 15 is 0 Å². The number of hydrogen-bond donors (Lipinski definition) is 2. The number of nitrogens with zero attached hydrogens (tertiary/aromatic N) is 1. The lowest BCUT2D eigenvalue weighted by molar-refractivity contribution is -0.165. The molecule has 2 aliphatic heterocycles. The smallest absolute Gasteiger partial charge is 0.352 e. The highest BCUT2D eigenvalue weighted by atomic mass is 16.6. The molecule has 3 unspecified atom stereocenters. The number of aliphatic hydroxyl groups excluding tert-OH is 1. The van der Waals surface area contributed by atoms with Crippen molar-refractivity contribution in [2.24, 2.45) is 5.73 Å². The van der Waals surface area contributed by atoms with Gasteiger partial charge in [0, 0.05) is 35.5 Å². The fourth-order valence-electron chi connectivity index (χ4n) is 6.64. The number of likely N-dealkylation sites (tertiary alicyclic amines) is 1. The Hall–Kier alpha value is -2.62. The third-order valence-electron chi connectivity index (χ3n) is 8.02. The Labute approximate surface area is 198 Å². The molecular weight excluding hydrogens is 440 g/mol. The molecule has 184 valence electrons. The quantitative estimate of drug-likeness (QED) is 0.563. The summed E-state index contributed by atoms with van der Waals surface area (Å²) < 4.78 is 23.0. The van der Waals surface area contributed by atoms with Gasteiger partial charge < -0.3 is 29.8 Å². The van der Waals surface area contributed by atoms with Gasteiger partial charge in [-0.25, -0.2) is 4.79 Å². The molecular formula is C25H32N2O7. The van der Waals surface area contributed by atoms with Crippen molar-refractivity contribution in [1.29, 1.82) is 0 Å². The lowest BCUT2D eigenvalue weighted by Crippen LogP contribution is -2.67. The number of benzene rings is 1. The van der Waals surface area contributed by atoms with Crippen molar-refractivity contribution in [3.8, 4) is 11.5 Å². The van der Waals surface area contributed by atoms with Gasteiger partial charge >= 0.3 is 11.9 Å². The van der Waals surface area contributed by atoms with Crippen LogP contribution in [0, 0.1) is 0 Å². The Morgan fingerprint density at radius 3 is 2.82 bits per heavy atom. The monoisotopic (exact) mass is 472 g/mol. The number of aliphatic hydroxyl groups is 1. The average molecular weight is 473 g/mol. The van der Waals surface area contributed by atoms with Gasteiger partial charge in [-0.05, 0) is 50.9 Å². The summed E-state index contributed by atoms with van der Waals surface area (Å²) in [5, 5.41) is 10.2. The van der Waals surface area contributed by atoms with Crippen molar-refractivity contribution in [1.82, 2.24) is 4.90 Å².